The highest BCUT2D eigenvalue weighted by molar-refractivity contribution is 6.12. The molecule has 0 bridgehead atoms. The van der Waals surface area contributed by atoms with E-state index in [0.717, 1.165) is 28.0 Å². The van der Waals surface area contributed by atoms with E-state index in [-0.39, 0.29) is 5.91 Å². The van der Waals surface area contributed by atoms with E-state index in [1.54, 1.807) is 25.3 Å². The first-order valence-electron chi connectivity index (χ1n) is 9.64. The SMILES string of the molecule is COc1ccc(Oc2cc(C(=O)Nc3cccc(C)c3C)c3ccccc3n2)cc1. The Morgan fingerprint density at radius 3 is 2.40 bits per heavy atom. The lowest BCUT2D eigenvalue weighted by atomic mass is 10.1. The second-order valence-corrected chi connectivity index (χ2v) is 7.00. The summed E-state index contributed by atoms with van der Waals surface area (Å²) in [5.41, 5.74) is 4.15. The Morgan fingerprint density at radius 2 is 1.63 bits per heavy atom. The number of para-hydroxylation sites is 1. The van der Waals surface area contributed by atoms with Crippen molar-refractivity contribution in [3.8, 4) is 17.4 Å². The van der Waals surface area contributed by atoms with Crippen molar-refractivity contribution >= 4 is 22.5 Å². The van der Waals surface area contributed by atoms with Crippen molar-refractivity contribution in [1.29, 1.82) is 0 Å². The molecule has 0 aliphatic rings. The minimum atomic E-state index is -0.207. The molecule has 5 nitrogen and oxygen atoms in total. The average molecular weight is 398 g/mol. The molecule has 0 aliphatic carbocycles. The molecule has 0 saturated heterocycles. The number of amides is 1. The fourth-order valence-corrected chi connectivity index (χ4v) is 3.23. The second kappa shape index (κ2) is 8.25. The number of fused-ring (bicyclic) bond motifs is 1. The number of carbonyl (C=O) groups is 1. The molecule has 0 aliphatic heterocycles. The smallest absolute Gasteiger partial charge is 0.256 e. The molecule has 4 aromatic rings. The lowest BCUT2D eigenvalue weighted by Gasteiger charge is -2.13. The van der Waals surface area contributed by atoms with Crippen LogP contribution in [0.5, 0.6) is 17.4 Å². The number of anilines is 1. The van der Waals surface area contributed by atoms with Gasteiger partial charge in [0.2, 0.25) is 5.88 Å². The van der Waals surface area contributed by atoms with Gasteiger partial charge in [0, 0.05) is 17.1 Å². The molecular formula is C25H22N2O3. The van der Waals surface area contributed by atoms with Crippen LogP contribution in [0.3, 0.4) is 0 Å². The highest BCUT2D eigenvalue weighted by atomic mass is 16.5. The van der Waals surface area contributed by atoms with Gasteiger partial charge in [-0.25, -0.2) is 4.98 Å². The monoisotopic (exact) mass is 398 g/mol. The van der Waals surface area contributed by atoms with Gasteiger partial charge in [-0.3, -0.25) is 4.79 Å². The van der Waals surface area contributed by atoms with Crippen LogP contribution in [-0.4, -0.2) is 18.0 Å². The van der Waals surface area contributed by atoms with Crippen molar-refractivity contribution in [2.24, 2.45) is 0 Å². The lowest BCUT2D eigenvalue weighted by Crippen LogP contribution is -2.14. The normalized spacial score (nSPS) is 10.6. The molecule has 0 fully saturated rings. The van der Waals surface area contributed by atoms with Crippen LogP contribution in [0.4, 0.5) is 5.69 Å². The van der Waals surface area contributed by atoms with Crippen molar-refractivity contribution in [2.45, 2.75) is 13.8 Å². The fraction of sp³-hybridized carbons (Fsp3) is 0.120. The first-order chi connectivity index (χ1) is 14.5. The van der Waals surface area contributed by atoms with Crippen LogP contribution in [0.1, 0.15) is 21.5 Å². The van der Waals surface area contributed by atoms with E-state index in [1.807, 2.05) is 68.4 Å². The van der Waals surface area contributed by atoms with Crippen molar-refractivity contribution in [3.05, 3.63) is 89.5 Å². The topological polar surface area (TPSA) is 60.5 Å². The molecule has 5 heteroatoms. The predicted molar refractivity (Wildman–Crippen MR) is 119 cm³/mol. The van der Waals surface area contributed by atoms with E-state index in [2.05, 4.69) is 10.3 Å². The van der Waals surface area contributed by atoms with E-state index in [4.69, 9.17) is 9.47 Å². The second-order valence-electron chi connectivity index (χ2n) is 7.00. The molecule has 1 aromatic heterocycles. The number of hydrogen-bond acceptors (Lipinski definition) is 4. The number of pyridine rings is 1. The van der Waals surface area contributed by atoms with E-state index >= 15 is 0 Å². The molecule has 1 amide bonds. The zero-order valence-corrected chi connectivity index (χ0v) is 17.1. The Morgan fingerprint density at radius 1 is 0.900 bits per heavy atom. The zero-order valence-electron chi connectivity index (χ0n) is 17.1. The number of hydrogen-bond donors (Lipinski definition) is 1. The number of nitrogens with zero attached hydrogens (tertiary/aromatic N) is 1. The summed E-state index contributed by atoms with van der Waals surface area (Å²) >= 11 is 0. The Balaban J connectivity index is 1.70. The number of ether oxygens (including phenoxy) is 2. The van der Waals surface area contributed by atoms with Crippen LogP contribution < -0.4 is 14.8 Å². The summed E-state index contributed by atoms with van der Waals surface area (Å²) in [5.74, 6) is 1.49. The molecule has 0 saturated carbocycles. The molecule has 0 unspecified atom stereocenters. The molecule has 4 rings (SSSR count). The predicted octanol–water partition coefficient (Wildman–Crippen LogP) is 5.90. The summed E-state index contributed by atoms with van der Waals surface area (Å²) < 4.78 is 11.1. The number of methoxy groups -OCH3 is 1. The number of aromatic nitrogens is 1. The van der Waals surface area contributed by atoms with Crippen LogP contribution >= 0.6 is 0 Å². The minimum Gasteiger partial charge on any atom is -0.497 e. The highest BCUT2D eigenvalue weighted by Gasteiger charge is 2.15. The maximum absolute atomic E-state index is 13.2. The average Bonchev–Trinajstić information content (AvgIpc) is 2.77. The highest BCUT2D eigenvalue weighted by Crippen LogP contribution is 2.28. The van der Waals surface area contributed by atoms with Crippen molar-refractivity contribution < 1.29 is 14.3 Å². The van der Waals surface area contributed by atoms with Gasteiger partial charge in [-0.2, -0.15) is 0 Å². The Labute approximate surface area is 175 Å². The number of nitrogens with one attached hydrogen (secondary N) is 1. The molecular weight excluding hydrogens is 376 g/mol. The zero-order chi connectivity index (χ0) is 21.1. The van der Waals surface area contributed by atoms with E-state index in [1.165, 1.54) is 0 Å². The Bertz CT molecular complexity index is 1220. The maximum atomic E-state index is 13.2. The number of benzene rings is 3. The van der Waals surface area contributed by atoms with Crippen LogP contribution in [-0.2, 0) is 0 Å². The molecule has 0 radical (unpaired) electrons. The number of rotatable bonds is 5. The molecule has 3 aromatic carbocycles. The van der Waals surface area contributed by atoms with Gasteiger partial charge in [-0.1, -0.05) is 30.3 Å². The number of carbonyl (C=O) groups excluding carboxylic acids is 1. The number of aryl methyl sites for hydroxylation is 1. The molecule has 1 N–H and O–H groups in total. The van der Waals surface area contributed by atoms with Crippen molar-refractivity contribution in [3.63, 3.8) is 0 Å². The van der Waals surface area contributed by atoms with Gasteiger partial charge >= 0.3 is 0 Å². The summed E-state index contributed by atoms with van der Waals surface area (Å²) in [5, 5.41) is 3.79. The van der Waals surface area contributed by atoms with E-state index in [0.29, 0.717) is 22.7 Å². The van der Waals surface area contributed by atoms with Crippen molar-refractivity contribution in [2.75, 3.05) is 12.4 Å². The van der Waals surface area contributed by atoms with Gasteiger partial charge < -0.3 is 14.8 Å². The first kappa shape index (κ1) is 19.5. The molecule has 150 valence electrons. The lowest BCUT2D eigenvalue weighted by molar-refractivity contribution is 0.102. The van der Waals surface area contributed by atoms with Gasteiger partial charge in [0.1, 0.15) is 11.5 Å². The third-order valence-corrected chi connectivity index (χ3v) is 5.07. The summed E-state index contributed by atoms with van der Waals surface area (Å²) in [7, 11) is 1.61. The van der Waals surface area contributed by atoms with E-state index in [9.17, 15) is 4.79 Å². The summed E-state index contributed by atoms with van der Waals surface area (Å²) in [6.07, 6.45) is 0. The maximum Gasteiger partial charge on any atom is 0.256 e. The van der Waals surface area contributed by atoms with E-state index < -0.39 is 0 Å². The van der Waals surface area contributed by atoms with Crippen LogP contribution in [0.25, 0.3) is 10.9 Å². The first-order valence-corrected chi connectivity index (χ1v) is 9.64. The Kier molecular flexibility index (Phi) is 5.35. The standard InChI is InChI=1S/C25H22N2O3/c1-16-7-6-10-22(17(16)2)27-25(28)21-15-24(26-23-9-5-4-8-20(21)23)30-19-13-11-18(29-3)12-14-19/h4-15H,1-3H3,(H,27,28). The largest absolute Gasteiger partial charge is 0.497 e. The van der Waals surface area contributed by atoms with Crippen LogP contribution in [0.2, 0.25) is 0 Å². The van der Waals surface area contributed by atoms with Crippen LogP contribution in [0.15, 0.2) is 72.8 Å². The van der Waals surface area contributed by atoms with Gasteiger partial charge in [0.25, 0.3) is 5.91 Å². The summed E-state index contributed by atoms with van der Waals surface area (Å²) in [6, 6.07) is 22.3. The van der Waals surface area contributed by atoms with Gasteiger partial charge in [-0.05, 0) is 61.4 Å². The molecule has 30 heavy (non-hydrogen) atoms. The quantitative estimate of drug-likeness (QED) is 0.454. The minimum absolute atomic E-state index is 0.207. The fourth-order valence-electron chi connectivity index (χ4n) is 3.23. The van der Waals surface area contributed by atoms with Gasteiger partial charge in [0.15, 0.2) is 0 Å². The van der Waals surface area contributed by atoms with Crippen LogP contribution in [0, 0.1) is 13.8 Å². The molecule has 0 spiro atoms. The summed E-state index contributed by atoms with van der Waals surface area (Å²) in [6.45, 7) is 4.02. The Hall–Kier alpha value is -3.86. The molecule has 0 atom stereocenters. The molecule has 1 heterocycles. The summed E-state index contributed by atoms with van der Waals surface area (Å²) in [4.78, 5) is 17.7. The van der Waals surface area contributed by atoms with Gasteiger partial charge in [0.05, 0.1) is 18.2 Å². The third kappa shape index (κ3) is 3.96. The third-order valence-electron chi connectivity index (χ3n) is 5.07. The van der Waals surface area contributed by atoms with Gasteiger partial charge in [-0.15, -0.1) is 0 Å². The van der Waals surface area contributed by atoms with Crippen molar-refractivity contribution in [1.82, 2.24) is 4.98 Å².